The van der Waals surface area contributed by atoms with Crippen molar-refractivity contribution in [2.24, 2.45) is 5.92 Å². The molecule has 0 spiro atoms. The number of aliphatic hydroxyl groups is 1. The Balaban J connectivity index is 3.29. The fourth-order valence-corrected chi connectivity index (χ4v) is 11.8. The Morgan fingerprint density at radius 1 is 1.00 bits per heavy atom. The monoisotopic (exact) mass is 656 g/mol. The van der Waals surface area contributed by atoms with Crippen LogP contribution in [-0.2, 0) is 28.3 Å². The van der Waals surface area contributed by atoms with Crippen molar-refractivity contribution in [1.82, 2.24) is 0 Å². The van der Waals surface area contributed by atoms with Crippen molar-refractivity contribution in [2.75, 3.05) is 7.11 Å². The van der Waals surface area contributed by atoms with E-state index < -0.39 is 38.6 Å². The first-order valence-electron chi connectivity index (χ1n) is 16.8. The molecule has 258 valence electrons. The molecule has 0 aromatic heterocycles. The molecule has 4 atom stereocenters. The van der Waals surface area contributed by atoms with E-state index in [4.69, 9.17) is 9.16 Å². The second kappa shape index (κ2) is 21.1. The van der Waals surface area contributed by atoms with E-state index in [0.29, 0.717) is 55.1 Å². The van der Waals surface area contributed by atoms with Gasteiger partial charge in [-0.1, -0.05) is 102 Å². The average Bonchev–Trinajstić information content (AvgIpc) is 2.98. The van der Waals surface area contributed by atoms with Gasteiger partial charge in [0, 0.05) is 30.9 Å². The predicted octanol–water partition coefficient (Wildman–Crippen LogP) is 8.67. The molecule has 8 heteroatoms. The standard InChI is InChI=1S/C38H60O7Si/c1-27(2)46(28(3)4,29(5)6)45-35-23-22-33(39)18-14-12-16-20-38(42)44-36(26-30(7)17-13-11-15-19-34(35)40)32(9)25-31(8)21-24-37(41)43-10/h11,13,16-17,20-25,27-29,32,34-36,40H,12,14-15,18-19,26H2,1-10H3/b13-11+,20-16+,23-22+,24-21+,30-17+,31-25+/t32-,34-,35-,36-/m1/s1. The Morgan fingerprint density at radius 3 is 2.26 bits per heavy atom. The minimum Gasteiger partial charge on any atom is -0.466 e. The number of allylic oxidation sites excluding steroid dienone is 7. The fraction of sp³-hybridized carbons (Fsp3) is 0.605. The molecule has 1 N–H and O–H groups in total. The number of ketones is 1. The van der Waals surface area contributed by atoms with Crippen LogP contribution in [0.5, 0.6) is 0 Å². The van der Waals surface area contributed by atoms with Crippen LogP contribution in [0, 0.1) is 5.92 Å². The van der Waals surface area contributed by atoms with Crippen LogP contribution in [0.25, 0.3) is 0 Å². The molecule has 0 saturated carbocycles. The molecule has 0 radical (unpaired) electrons. The van der Waals surface area contributed by atoms with E-state index in [1.807, 2.05) is 45.1 Å². The van der Waals surface area contributed by atoms with E-state index in [2.05, 4.69) is 46.3 Å². The number of rotatable bonds is 9. The molecule has 1 aliphatic rings. The minimum absolute atomic E-state index is 0.0325. The van der Waals surface area contributed by atoms with Gasteiger partial charge in [0.2, 0.25) is 8.32 Å². The Morgan fingerprint density at radius 2 is 1.65 bits per heavy atom. The van der Waals surface area contributed by atoms with Crippen LogP contribution in [0.15, 0.2) is 71.9 Å². The van der Waals surface area contributed by atoms with Crippen molar-refractivity contribution >= 4 is 26.0 Å². The largest absolute Gasteiger partial charge is 0.466 e. The van der Waals surface area contributed by atoms with Crippen LogP contribution in [-0.4, -0.2) is 56.6 Å². The van der Waals surface area contributed by atoms with Crippen molar-refractivity contribution in [1.29, 1.82) is 0 Å². The number of aliphatic hydroxyl groups excluding tert-OH is 1. The molecule has 0 aromatic carbocycles. The first kappa shape index (κ1) is 41.2. The van der Waals surface area contributed by atoms with Crippen LogP contribution < -0.4 is 0 Å². The summed E-state index contributed by atoms with van der Waals surface area (Å²) in [7, 11) is -0.979. The van der Waals surface area contributed by atoms with E-state index in [-0.39, 0.29) is 11.7 Å². The van der Waals surface area contributed by atoms with Gasteiger partial charge in [0.1, 0.15) is 6.10 Å². The van der Waals surface area contributed by atoms with Gasteiger partial charge in [0.25, 0.3) is 0 Å². The van der Waals surface area contributed by atoms with Crippen LogP contribution in [0.3, 0.4) is 0 Å². The Hall–Kier alpha value is -2.81. The van der Waals surface area contributed by atoms with Crippen LogP contribution >= 0.6 is 0 Å². The van der Waals surface area contributed by atoms with Gasteiger partial charge in [-0.05, 0) is 62.2 Å². The summed E-state index contributed by atoms with van der Waals surface area (Å²) in [5.74, 6) is -1.02. The normalized spacial score (nSPS) is 26.0. The van der Waals surface area contributed by atoms with Gasteiger partial charge in [-0.25, -0.2) is 9.59 Å². The zero-order chi connectivity index (χ0) is 34.9. The quantitative estimate of drug-likeness (QED) is 0.115. The molecule has 0 fully saturated rings. The SMILES string of the molecule is COC(=O)/C=C/C(C)=C/[C@@H](C)[C@H]1C/C(C)=C/C=C/CC[C@@H](O)[C@H](O[Si](C(C)C)(C(C)C)C(C)C)/C=C/C(=O)CCC/C=C/C(=O)O1. The second-order valence-electron chi connectivity index (χ2n) is 13.4. The Bertz CT molecular complexity index is 1130. The van der Waals surface area contributed by atoms with Gasteiger partial charge in [-0.3, -0.25) is 4.79 Å². The highest BCUT2D eigenvalue weighted by molar-refractivity contribution is 6.77. The number of hydrogen-bond donors (Lipinski definition) is 1. The summed E-state index contributed by atoms with van der Waals surface area (Å²) in [4.78, 5) is 37.1. The summed E-state index contributed by atoms with van der Waals surface area (Å²) in [5, 5.41) is 11.3. The van der Waals surface area contributed by atoms with Gasteiger partial charge in [-0.2, -0.15) is 0 Å². The van der Waals surface area contributed by atoms with E-state index in [1.165, 1.54) is 19.3 Å². The molecule has 0 unspecified atom stereocenters. The molecule has 46 heavy (non-hydrogen) atoms. The van der Waals surface area contributed by atoms with Crippen molar-refractivity contribution in [3.63, 3.8) is 0 Å². The van der Waals surface area contributed by atoms with Crippen molar-refractivity contribution < 1.29 is 33.4 Å². The summed E-state index contributed by atoms with van der Waals surface area (Å²) in [5.41, 5.74) is 2.93. The zero-order valence-electron chi connectivity index (χ0n) is 30.0. The maximum absolute atomic E-state index is 12.8. The molecule has 0 bridgehead atoms. The second-order valence-corrected chi connectivity index (χ2v) is 18.8. The molecule has 0 aromatic rings. The van der Waals surface area contributed by atoms with Crippen molar-refractivity contribution in [2.45, 2.75) is 136 Å². The highest BCUT2D eigenvalue weighted by Gasteiger charge is 2.47. The number of carbonyl (C=O) groups is 3. The van der Waals surface area contributed by atoms with Crippen LogP contribution in [0.4, 0.5) is 0 Å². The molecule has 0 amide bonds. The lowest BCUT2D eigenvalue weighted by molar-refractivity contribution is -0.144. The van der Waals surface area contributed by atoms with Gasteiger partial charge < -0.3 is 19.0 Å². The lowest BCUT2D eigenvalue weighted by Gasteiger charge is -2.45. The number of esters is 2. The van der Waals surface area contributed by atoms with Gasteiger partial charge in [-0.15, -0.1) is 0 Å². The first-order chi connectivity index (χ1) is 21.6. The molecule has 1 aliphatic heterocycles. The van der Waals surface area contributed by atoms with Gasteiger partial charge in [0.05, 0.1) is 19.3 Å². The Labute approximate surface area is 279 Å². The fourth-order valence-electron chi connectivity index (χ4n) is 6.26. The Kier molecular flexibility index (Phi) is 18.9. The zero-order valence-corrected chi connectivity index (χ0v) is 31.0. The first-order valence-corrected chi connectivity index (χ1v) is 19.0. The third-order valence-electron chi connectivity index (χ3n) is 8.68. The van der Waals surface area contributed by atoms with Crippen molar-refractivity contribution in [3.05, 3.63) is 71.9 Å². The summed E-state index contributed by atoms with van der Waals surface area (Å²) in [6.07, 6.45) is 18.9. The lowest BCUT2D eigenvalue weighted by atomic mass is 9.95. The van der Waals surface area contributed by atoms with Gasteiger partial charge in [0.15, 0.2) is 5.78 Å². The van der Waals surface area contributed by atoms with Gasteiger partial charge >= 0.3 is 11.9 Å². The third kappa shape index (κ3) is 14.3. The number of ether oxygens (including phenoxy) is 2. The molecular formula is C38H60O7Si. The minimum atomic E-state index is -2.31. The summed E-state index contributed by atoms with van der Waals surface area (Å²) in [6, 6.07) is 0. The van der Waals surface area contributed by atoms with Crippen molar-refractivity contribution in [3.8, 4) is 0 Å². The highest BCUT2D eigenvalue weighted by Crippen LogP contribution is 2.43. The number of hydrogen-bond acceptors (Lipinski definition) is 7. The molecule has 0 saturated heterocycles. The van der Waals surface area contributed by atoms with Crippen LogP contribution in [0.1, 0.15) is 101 Å². The smallest absolute Gasteiger partial charge is 0.330 e. The summed E-state index contributed by atoms with van der Waals surface area (Å²) < 4.78 is 17.5. The highest BCUT2D eigenvalue weighted by atomic mass is 28.4. The molecular weight excluding hydrogens is 596 g/mol. The van der Waals surface area contributed by atoms with E-state index in [0.717, 1.165) is 11.1 Å². The van der Waals surface area contributed by atoms with E-state index in [1.54, 1.807) is 24.3 Å². The number of methoxy groups -OCH3 is 1. The molecule has 1 heterocycles. The summed E-state index contributed by atoms with van der Waals surface area (Å²) in [6.45, 7) is 19.1. The number of carbonyl (C=O) groups excluding carboxylic acids is 3. The average molecular weight is 657 g/mol. The summed E-state index contributed by atoms with van der Waals surface area (Å²) >= 11 is 0. The van der Waals surface area contributed by atoms with E-state index >= 15 is 0 Å². The lowest BCUT2D eigenvalue weighted by Crippen LogP contribution is -2.52. The maximum Gasteiger partial charge on any atom is 0.330 e. The number of cyclic esters (lactones) is 1. The maximum atomic E-state index is 12.8. The van der Waals surface area contributed by atoms with Crippen LogP contribution in [0.2, 0.25) is 16.6 Å². The topological polar surface area (TPSA) is 99.1 Å². The third-order valence-corrected chi connectivity index (χ3v) is 14.8. The molecule has 1 rings (SSSR count). The molecule has 0 aliphatic carbocycles. The van der Waals surface area contributed by atoms with E-state index in [9.17, 15) is 19.5 Å². The predicted molar refractivity (Wildman–Crippen MR) is 190 cm³/mol. The molecule has 7 nitrogen and oxygen atoms in total.